The molecule has 1 saturated carbocycles. The van der Waals surface area contributed by atoms with Crippen LogP contribution in [-0.4, -0.2) is 11.5 Å². The first-order chi connectivity index (χ1) is 9.68. The van der Waals surface area contributed by atoms with Crippen molar-refractivity contribution in [3.63, 3.8) is 0 Å². The van der Waals surface area contributed by atoms with E-state index in [9.17, 15) is 4.39 Å². The normalized spacial score (nSPS) is 27.9. The van der Waals surface area contributed by atoms with Gasteiger partial charge >= 0.3 is 0 Å². The van der Waals surface area contributed by atoms with Gasteiger partial charge in [0, 0.05) is 11.5 Å². The average molecular weight is 270 g/mol. The van der Waals surface area contributed by atoms with Gasteiger partial charge in [0.15, 0.2) is 5.67 Å². The number of benzene rings is 1. The Morgan fingerprint density at radius 3 is 3.05 bits per heavy atom. The first kappa shape index (κ1) is 11.7. The summed E-state index contributed by atoms with van der Waals surface area (Å²) >= 11 is 0. The second-order valence-electron chi connectivity index (χ2n) is 5.56. The molecule has 3 nitrogen and oxygen atoms in total. The van der Waals surface area contributed by atoms with Gasteiger partial charge in [-0.2, -0.15) is 0 Å². The van der Waals surface area contributed by atoms with Gasteiger partial charge < -0.3 is 10.2 Å². The molecule has 1 aliphatic carbocycles. The number of nitrogens with two attached hydrogens (primary N) is 1. The van der Waals surface area contributed by atoms with Crippen molar-refractivity contribution in [3.05, 3.63) is 42.2 Å². The van der Waals surface area contributed by atoms with Crippen molar-refractivity contribution in [1.29, 1.82) is 0 Å². The van der Waals surface area contributed by atoms with Crippen molar-refractivity contribution in [1.82, 2.24) is 0 Å². The first-order valence-corrected chi connectivity index (χ1v) is 6.90. The molecule has 0 saturated heterocycles. The molecule has 2 aromatic rings. The van der Waals surface area contributed by atoms with Crippen molar-refractivity contribution in [2.24, 2.45) is 10.7 Å². The lowest BCUT2D eigenvalue weighted by molar-refractivity contribution is 0.232. The maximum Gasteiger partial charge on any atom is 0.174 e. The summed E-state index contributed by atoms with van der Waals surface area (Å²) in [6.45, 7) is 0. The number of nitrogens with zero attached hydrogens (tertiary/aromatic N) is 1. The number of aliphatic imine (C=N–C) groups is 1. The molecule has 2 atom stereocenters. The van der Waals surface area contributed by atoms with Crippen molar-refractivity contribution in [2.45, 2.75) is 30.8 Å². The van der Waals surface area contributed by atoms with E-state index < -0.39 is 5.67 Å². The minimum Gasteiger partial charge on any atom is -0.464 e. The van der Waals surface area contributed by atoms with Crippen LogP contribution in [-0.2, 0) is 0 Å². The summed E-state index contributed by atoms with van der Waals surface area (Å²) in [5.41, 5.74) is 7.13. The standard InChI is InChI=1S/C16H15FN2O/c17-16-7-1-3-12(16)11-6-5-10(14-4-2-8-20-14)9-13(11)19-15(16)18/h2,4-6,8-9,12H,1,3,7H2,(H2,18,19). The van der Waals surface area contributed by atoms with Crippen LogP contribution in [0.3, 0.4) is 0 Å². The van der Waals surface area contributed by atoms with Gasteiger partial charge in [0.05, 0.1) is 12.0 Å². The van der Waals surface area contributed by atoms with Gasteiger partial charge in [-0.1, -0.05) is 12.1 Å². The number of furan rings is 1. The average Bonchev–Trinajstić information content (AvgIpc) is 3.08. The zero-order valence-electron chi connectivity index (χ0n) is 11.0. The molecule has 2 aliphatic rings. The largest absolute Gasteiger partial charge is 0.464 e. The Balaban J connectivity index is 1.86. The highest BCUT2D eigenvalue weighted by molar-refractivity contribution is 5.95. The third kappa shape index (κ3) is 1.48. The predicted octanol–water partition coefficient (Wildman–Crippen LogP) is 3.92. The highest BCUT2D eigenvalue weighted by Crippen LogP contribution is 2.51. The van der Waals surface area contributed by atoms with E-state index in [2.05, 4.69) is 4.99 Å². The van der Waals surface area contributed by atoms with Gasteiger partial charge in [0.25, 0.3) is 0 Å². The number of halogens is 1. The van der Waals surface area contributed by atoms with Crippen LogP contribution in [0.5, 0.6) is 0 Å². The minimum absolute atomic E-state index is 0.129. The second-order valence-corrected chi connectivity index (χ2v) is 5.56. The molecule has 0 radical (unpaired) electrons. The highest BCUT2D eigenvalue weighted by Gasteiger charge is 2.50. The van der Waals surface area contributed by atoms with Crippen LogP contribution in [0.1, 0.15) is 30.7 Å². The Bertz CT molecular complexity index is 693. The summed E-state index contributed by atoms with van der Waals surface area (Å²) in [7, 11) is 0. The lowest BCUT2D eigenvalue weighted by Gasteiger charge is -2.32. The number of fused-ring (bicyclic) bond motifs is 3. The van der Waals surface area contributed by atoms with E-state index in [0.717, 1.165) is 35.4 Å². The van der Waals surface area contributed by atoms with Crippen molar-refractivity contribution in [3.8, 4) is 11.3 Å². The number of amidine groups is 1. The molecule has 2 unspecified atom stereocenters. The van der Waals surface area contributed by atoms with E-state index in [1.54, 1.807) is 6.26 Å². The van der Waals surface area contributed by atoms with E-state index in [4.69, 9.17) is 10.2 Å². The van der Waals surface area contributed by atoms with Crippen molar-refractivity contribution < 1.29 is 8.81 Å². The fraction of sp³-hybridized carbons (Fsp3) is 0.312. The molecule has 102 valence electrons. The lowest BCUT2D eigenvalue weighted by Crippen LogP contribution is -2.43. The third-order valence-corrected chi connectivity index (χ3v) is 4.46. The van der Waals surface area contributed by atoms with Gasteiger partial charge in [-0.25, -0.2) is 9.38 Å². The lowest BCUT2D eigenvalue weighted by atomic mass is 9.82. The third-order valence-electron chi connectivity index (χ3n) is 4.46. The number of alkyl halides is 1. The van der Waals surface area contributed by atoms with Crippen molar-refractivity contribution in [2.75, 3.05) is 0 Å². The van der Waals surface area contributed by atoms with Gasteiger partial charge in [-0.05, 0) is 43.0 Å². The monoisotopic (exact) mass is 270 g/mol. The van der Waals surface area contributed by atoms with E-state index in [1.165, 1.54) is 0 Å². The van der Waals surface area contributed by atoms with Crippen LogP contribution in [0.4, 0.5) is 10.1 Å². The molecule has 4 rings (SSSR count). The van der Waals surface area contributed by atoms with Gasteiger partial charge in [-0.15, -0.1) is 0 Å². The number of hydrogen-bond acceptors (Lipinski definition) is 3. The van der Waals surface area contributed by atoms with E-state index in [-0.39, 0.29) is 11.8 Å². The summed E-state index contributed by atoms with van der Waals surface area (Å²) in [5, 5.41) is 0. The van der Waals surface area contributed by atoms with Crippen LogP contribution < -0.4 is 5.73 Å². The maximum atomic E-state index is 14.9. The summed E-state index contributed by atoms with van der Waals surface area (Å²) in [6.07, 6.45) is 3.80. The maximum absolute atomic E-state index is 14.9. The summed E-state index contributed by atoms with van der Waals surface area (Å²) in [5.74, 6) is 0.759. The molecule has 1 aromatic carbocycles. The Morgan fingerprint density at radius 2 is 2.25 bits per heavy atom. The van der Waals surface area contributed by atoms with Crippen LogP contribution in [0.2, 0.25) is 0 Å². The van der Waals surface area contributed by atoms with Crippen LogP contribution in [0.25, 0.3) is 11.3 Å². The van der Waals surface area contributed by atoms with Gasteiger partial charge in [0.2, 0.25) is 0 Å². The zero-order chi connectivity index (χ0) is 13.7. The molecule has 1 aromatic heterocycles. The molecule has 0 bridgehead atoms. The molecule has 0 amide bonds. The zero-order valence-corrected chi connectivity index (χ0v) is 11.0. The fourth-order valence-corrected chi connectivity index (χ4v) is 3.43. The first-order valence-electron chi connectivity index (χ1n) is 6.90. The quantitative estimate of drug-likeness (QED) is 0.853. The topological polar surface area (TPSA) is 51.5 Å². The second kappa shape index (κ2) is 3.95. The number of rotatable bonds is 1. The SMILES string of the molecule is NC1=Nc2cc(-c3ccco3)ccc2C2CCCC12F. The van der Waals surface area contributed by atoms with Crippen LogP contribution in [0.15, 0.2) is 46.0 Å². The fourth-order valence-electron chi connectivity index (χ4n) is 3.43. The smallest absolute Gasteiger partial charge is 0.174 e. The molecule has 0 spiro atoms. The predicted molar refractivity (Wildman–Crippen MR) is 75.9 cm³/mol. The van der Waals surface area contributed by atoms with E-state index in [0.29, 0.717) is 6.42 Å². The van der Waals surface area contributed by atoms with E-state index >= 15 is 0 Å². The Hall–Kier alpha value is -2.10. The van der Waals surface area contributed by atoms with Crippen LogP contribution >= 0.6 is 0 Å². The Morgan fingerprint density at radius 1 is 1.35 bits per heavy atom. The summed E-state index contributed by atoms with van der Waals surface area (Å²) < 4.78 is 20.3. The Labute approximate surface area is 116 Å². The number of hydrogen-bond donors (Lipinski definition) is 1. The molecule has 2 N–H and O–H groups in total. The molecular weight excluding hydrogens is 255 g/mol. The highest BCUT2D eigenvalue weighted by atomic mass is 19.1. The van der Waals surface area contributed by atoms with E-state index in [1.807, 2.05) is 30.3 Å². The van der Waals surface area contributed by atoms with Crippen LogP contribution in [0, 0.1) is 0 Å². The van der Waals surface area contributed by atoms with Crippen molar-refractivity contribution >= 4 is 11.5 Å². The molecule has 2 heterocycles. The molecule has 1 aliphatic heterocycles. The summed E-state index contributed by atoms with van der Waals surface area (Å²) in [4.78, 5) is 4.31. The Kier molecular flexibility index (Phi) is 2.31. The molecule has 1 fully saturated rings. The minimum atomic E-state index is -1.45. The molecule has 20 heavy (non-hydrogen) atoms. The summed E-state index contributed by atoms with van der Waals surface area (Å²) in [6, 6.07) is 9.60. The molecular formula is C16H15FN2O. The molecule has 4 heteroatoms. The van der Waals surface area contributed by atoms with Gasteiger partial charge in [0.1, 0.15) is 11.6 Å². The van der Waals surface area contributed by atoms with Gasteiger partial charge in [-0.3, -0.25) is 0 Å².